The minimum atomic E-state index is 0.814. The van der Waals surface area contributed by atoms with Gasteiger partial charge in [-0.25, -0.2) is 0 Å². The first-order valence-corrected chi connectivity index (χ1v) is 6.69. The molecule has 3 fully saturated rings. The molecule has 1 aliphatic heterocycles. The summed E-state index contributed by atoms with van der Waals surface area (Å²) in [5.74, 6) is 2.05. The monoisotopic (exact) mass is 208 g/mol. The molecule has 1 saturated heterocycles. The zero-order valence-electron chi connectivity index (χ0n) is 9.97. The Hall–Kier alpha value is -0.0800. The van der Waals surface area contributed by atoms with Gasteiger partial charge in [-0.3, -0.25) is 0 Å². The van der Waals surface area contributed by atoms with Gasteiger partial charge < -0.3 is 10.2 Å². The summed E-state index contributed by atoms with van der Waals surface area (Å²) >= 11 is 0. The summed E-state index contributed by atoms with van der Waals surface area (Å²) in [5.41, 5.74) is 0.814. The Morgan fingerprint density at radius 1 is 1.27 bits per heavy atom. The molecule has 86 valence electrons. The highest BCUT2D eigenvalue weighted by Crippen LogP contribution is 2.61. The minimum absolute atomic E-state index is 0.814. The third-order valence-corrected chi connectivity index (χ3v) is 4.74. The van der Waals surface area contributed by atoms with Gasteiger partial charge in [0.2, 0.25) is 0 Å². The molecule has 2 aliphatic carbocycles. The lowest BCUT2D eigenvalue weighted by molar-refractivity contribution is 0.236. The van der Waals surface area contributed by atoms with Crippen molar-refractivity contribution in [1.82, 2.24) is 10.2 Å². The van der Waals surface area contributed by atoms with E-state index in [0.29, 0.717) is 0 Å². The van der Waals surface area contributed by atoms with Crippen molar-refractivity contribution in [1.29, 1.82) is 0 Å². The Labute approximate surface area is 93.4 Å². The average molecular weight is 208 g/mol. The lowest BCUT2D eigenvalue weighted by Gasteiger charge is -2.23. The standard InChI is InChI=1S/C13H24N2/c1-14-8-11-4-7-15(9-11)10-13(5-6-13)12-2-3-12/h11-12,14H,2-10H2,1H3. The number of rotatable bonds is 5. The van der Waals surface area contributed by atoms with Crippen molar-refractivity contribution < 1.29 is 0 Å². The smallest absolute Gasteiger partial charge is 0.00408 e. The van der Waals surface area contributed by atoms with E-state index < -0.39 is 0 Å². The zero-order valence-corrected chi connectivity index (χ0v) is 9.97. The SMILES string of the molecule is CNCC1CCN(CC2(C3CC3)CC2)C1. The number of nitrogens with zero attached hydrogens (tertiary/aromatic N) is 1. The van der Waals surface area contributed by atoms with Crippen molar-refractivity contribution in [3.8, 4) is 0 Å². The first kappa shape index (κ1) is 10.1. The molecule has 0 aromatic carbocycles. The zero-order chi connectivity index (χ0) is 10.3. The molecule has 0 amide bonds. The second kappa shape index (κ2) is 3.74. The van der Waals surface area contributed by atoms with Crippen molar-refractivity contribution >= 4 is 0 Å². The van der Waals surface area contributed by atoms with Crippen LogP contribution >= 0.6 is 0 Å². The van der Waals surface area contributed by atoms with Crippen LogP contribution in [0.25, 0.3) is 0 Å². The molecule has 0 radical (unpaired) electrons. The maximum absolute atomic E-state index is 3.32. The summed E-state index contributed by atoms with van der Waals surface area (Å²) in [4.78, 5) is 2.74. The summed E-state index contributed by atoms with van der Waals surface area (Å²) in [6.07, 6.45) is 7.55. The molecule has 0 bridgehead atoms. The second-order valence-corrected chi connectivity index (χ2v) is 6.08. The lowest BCUT2D eigenvalue weighted by atomic mass is 10.00. The molecule has 2 saturated carbocycles. The van der Waals surface area contributed by atoms with Crippen LogP contribution < -0.4 is 5.32 Å². The first-order chi connectivity index (χ1) is 7.32. The molecule has 1 atom stereocenters. The van der Waals surface area contributed by atoms with Crippen LogP contribution in [0.5, 0.6) is 0 Å². The highest BCUT2D eigenvalue weighted by atomic mass is 15.2. The van der Waals surface area contributed by atoms with Gasteiger partial charge in [-0.15, -0.1) is 0 Å². The van der Waals surface area contributed by atoms with Crippen LogP contribution in [0.4, 0.5) is 0 Å². The van der Waals surface area contributed by atoms with E-state index in [1.54, 1.807) is 0 Å². The van der Waals surface area contributed by atoms with Crippen LogP contribution in [-0.2, 0) is 0 Å². The Morgan fingerprint density at radius 3 is 2.67 bits per heavy atom. The quantitative estimate of drug-likeness (QED) is 0.740. The van der Waals surface area contributed by atoms with E-state index in [2.05, 4.69) is 17.3 Å². The largest absolute Gasteiger partial charge is 0.319 e. The normalized spacial score (nSPS) is 34.6. The Morgan fingerprint density at radius 2 is 2.07 bits per heavy atom. The molecular weight excluding hydrogens is 184 g/mol. The average Bonchev–Trinajstić information content (AvgIpc) is 3.08. The van der Waals surface area contributed by atoms with Gasteiger partial charge in [0, 0.05) is 13.1 Å². The topological polar surface area (TPSA) is 15.3 Å². The van der Waals surface area contributed by atoms with Crippen LogP contribution in [0.1, 0.15) is 32.1 Å². The van der Waals surface area contributed by atoms with Gasteiger partial charge in [0.05, 0.1) is 0 Å². The fraction of sp³-hybridized carbons (Fsp3) is 1.00. The molecular formula is C13H24N2. The minimum Gasteiger partial charge on any atom is -0.319 e. The molecule has 0 aromatic rings. The van der Waals surface area contributed by atoms with Crippen molar-refractivity contribution in [3.05, 3.63) is 0 Å². The third-order valence-electron chi connectivity index (χ3n) is 4.74. The number of nitrogens with one attached hydrogen (secondary N) is 1. The molecule has 1 N–H and O–H groups in total. The highest BCUT2D eigenvalue weighted by Gasteiger charge is 2.54. The molecule has 3 rings (SSSR count). The molecule has 0 spiro atoms. The Kier molecular flexibility index (Phi) is 2.52. The van der Waals surface area contributed by atoms with Gasteiger partial charge in [0.25, 0.3) is 0 Å². The van der Waals surface area contributed by atoms with Crippen molar-refractivity contribution in [3.63, 3.8) is 0 Å². The van der Waals surface area contributed by atoms with E-state index in [0.717, 1.165) is 17.3 Å². The van der Waals surface area contributed by atoms with Crippen LogP contribution in [0.3, 0.4) is 0 Å². The predicted molar refractivity (Wildman–Crippen MR) is 62.9 cm³/mol. The fourth-order valence-corrected chi connectivity index (χ4v) is 3.51. The summed E-state index contributed by atoms with van der Waals surface area (Å²) < 4.78 is 0. The van der Waals surface area contributed by atoms with Crippen LogP contribution in [0.15, 0.2) is 0 Å². The van der Waals surface area contributed by atoms with Crippen LogP contribution in [0, 0.1) is 17.3 Å². The van der Waals surface area contributed by atoms with Gasteiger partial charge in [-0.05, 0) is 69.5 Å². The fourth-order valence-electron chi connectivity index (χ4n) is 3.51. The van der Waals surface area contributed by atoms with Gasteiger partial charge in [-0.1, -0.05) is 0 Å². The lowest BCUT2D eigenvalue weighted by Crippen LogP contribution is -2.31. The Balaban J connectivity index is 1.48. The maximum atomic E-state index is 3.32. The van der Waals surface area contributed by atoms with E-state index in [-0.39, 0.29) is 0 Å². The van der Waals surface area contributed by atoms with Crippen LogP contribution in [0.2, 0.25) is 0 Å². The van der Waals surface area contributed by atoms with E-state index in [9.17, 15) is 0 Å². The Bertz CT molecular complexity index is 231. The second-order valence-electron chi connectivity index (χ2n) is 6.08. The number of hydrogen-bond donors (Lipinski definition) is 1. The summed E-state index contributed by atoms with van der Waals surface area (Å²) in [7, 11) is 2.08. The molecule has 1 unspecified atom stereocenters. The molecule has 3 aliphatic rings. The summed E-state index contributed by atoms with van der Waals surface area (Å²) in [6, 6.07) is 0. The van der Waals surface area contributed by atoms with Gasteiger partial charge in [0.1, 0.15) is 0 Å². The summed E-state index contributed by atoms with van der Waals surface area (Å²) in [6.45, 7) is 5.36. The predicted octanol–water partition coefficient (Wildman–Crippen LogP) is 1.72. The highest BCUT2D eigenvalue weighted by molar-refractivity contribution is 5.05. The maximum Gasteiger partial charge on any atom is 0.00408 e. The van der Waals surface area contributed by atoms with Crippen molar-refractivity contribution in [2.75, 3.05) is 33.2 Å². The van der Waals surface area contributed by atoms with Gasteiger partial charge >= 0.3 is 0 Å². The van der Waals surface area contributed by atoms with E-state index in [1.165, 1.54) is 58.3 Å². The van der Waals surface area contributed by atoms with Gasteiger partial charge in [-0.2, -0.15) is 0 Å². The summed E-state index contributed by atoms with van der Waals surface area (Å²) in [5, 5.41) is 3.32. The molecule has 2 heteroatoms. The van der Waals surface area contributed by atoms with Gasteiger partial charge in [0.15, 0.2) is 0 Å². The molecule has 1 heterocycles. The van der Waals surface area contributed by atoms with Crippen molar-refractivity contribution in [2.45, 2.75) is 32.1 Å². The van der Waals surface area contributed by atoms with E-state index in [1.807, 2.05) is 0 Å². The van der Waals surface area contributed by atoms with Crippen LogP contribution in [-0.4, -0.2) is 38.1 Å². The van der Waals surface area contributed by atoms with Crippen molar-refractivity contribution in [2.24, 2.45) is 17.3 Å². The van der Waals surface area contributed by atoms with E-state index in [4.69, 9.17) is 0 Å². The number of likely N-dealkylation sites (tertiary alicyclic amines) is 1. The molecule has 0 aromatic heterocycles. The molecule has 15 heavy (non-hydrogen) atoms. The number of hydrogen-bond acceptors (Lipinski definition) is 2. The van der Waals surface area contributed by atoms with E-state index >= 15 is 0 Å². The third kappa shape index (κ3) is 2.07. The molecule has 2 nitrogen and oxygen atoms in total. The first-order valence-electron chi connectivity index (χ1n) is 6.69.